The number of ketones is 1. The Labute approximate surface area is 100 Å². The first-order valence-corrected chi connectivity index (χ1v) is 5.38. The lowest BCUT2D eigenvalue weighted by Crippen LogP contribution is -2.03. The third-order valence-electron chi connectivity index (χ3n) is 2.43. The van der Waals surface area contributed by atoms with Crippen LogP contribution >= 0.6 is 0 Å². The van der Waals surface area contributed by atoms with Crippen LogP contribution in [-0.2, 0) is 4.79 Å². The van der Waals surface area contributed by atoms with Crippen molar-refractivity contribution in [3.8, 4) is 0 Å². The Hall–Kier alpha value is -1.97. The fourth-order valence-corrected chi connectivity index (χ4v) is 1.58. The smallest absolute Gasteiger partial charge is 0.270 e. The summed E-state index contributed by atoms with van der Waals surface area (Å²) in [6.45, 7) is 5.35. The lowest BCUT2D eigenvalue weighted by molar-refractivity contribution is -0.384. The summed E-state index contributed by atoms with van der Waals surface area (Å²) < 4.78 is 0. The lowest BCUT2D eigenvalue weighted by atomic mass is 9.97. The number of non-ortho nitro benzene ring substituents is 1. The van der Waals surface area contributed by atoms with E-state index in [0.29, 0.717) is 11.1 Å². The summed E-state index contributed by atoms with van der Waals surface area (Å²) in [5.41, 5.74) is 1.38. The van der Waals surface area contributed by atoms with Crippen LogP contribution in [0.4, 0.5) is 5.69 Å². The maximum atomic E-state index is 11.4. The number of nitro groups is 1. The van der Waals surface area contributed by atoms with Gasteiger partial charge in [-0.05, 0) is 30.1 Å². The summed E-state index contributed by atoms with van der Waals surface area (Å²) in [5.74, 6) is 0.0956. The number of nitrogens with zero attached hydrogens (tertiary/aromatic N) is 1. The van der Waals surface area contributed by atoms with Crippen molar-refractivity contribution < 1.29 is 9.72 Å². The molecule has 0 amide bonds. The summed E-state index contributed by atoms with van der Waals surface area (Å²) in [4.78, 5) is 21.6. The van der Waals surface area contributed by atoms with Gasteiger partial charge in [-0.1, -0.05) is 26.0 Å². The summed E-state index contributed by atoms with van der Waals surface area (Å²) in [6.07, 6.45) is 1.71. The van der Waals surface area contributed by atoms with E-state index in [2.05, 4.69) is 0 Å². The summed E-state index contributed by atoms with van der Waals surface area (Å²) in [5, 5.41) is 10.6. The molecule has 17 heavy (non-hydrogen) atoms. The second-order valence-corrected chi connectivity index (χ2v) is 4.16. The van der Waals surface area contributed by atoms with Crippen molar-refractivity contribution in [1.29, 1.82) is 0 Å². The van der Waals surface area contributed by atoms with E-state index in [1.54, 1.807) is 18.2 Å². The minimum absolute atomic E-state index is 0.00786. The summed E-state index contributed by atoms with van der Waals surface area (Å²) in [7, 11) is 0. The van der Waals surface area contributed by atoms with Crippen LogP contribution in [0.25, 0.3) is 6.08 Å². The van der Waals surface area contributed by atoms with Crippen molar-refractivity contribution >= 4 is 17.5 Å². The number of benzene rings is 1. The molecule has 0 aliphatic carbocycles. The molecule has 0 aromatic heterocycles. The van der Waals surface area contributed by atoms with Crippen LogP contribution < -0.4 is 0 Å². The van der Waals surface area contributed by atoms with E-state index in [0.717, 1.165) is 0 Å². The molecule has 0 aliphatic rings. The molecule has 0 unspecified atom stereocenters. The molecule has 0 N–H and O–H groups in total. The monoisotopic (exact) mass is 233 g/mol. The van der Waals surface area contributed by atoms with E-state index in [4.69, 9.17) is 0 Å². The number of carbonyl (C=O) groups is 1. The third-order valence-corrected chi connectivity index (χ3v) is 2.43. The average Bonchev–Trinajstić information content (AvgIpc) is 2.25. The number of hydrogen-bond donors (Lipinski definition) is 0. The summed E-state index contributed by atoms with van der Waals surface area (Å²) in [6, 6.07) is 6.26. The Bertz CT molecular complexity index is 475. The highest BCUT2D eigenvalue weighted by Gasteiger charge is 2.10. The molecule has 0 radical (unpaired) electrons. The van der Waals surface area contributed by atoms with Gasteiger partial charge in [-0.15, -0.1) is 0 Å². The van der Waals surface area contributed by atoms with Crippen molar-refractivity contribution in [3.63, 3.8) is 0 Å². The van der Waals surface area contributed by atoms with Crippen LogP contribution in [0.2, 0.25) is 0 Å². The zero-order valence-electron chi connectivity index (χ0n) is 10.1. The minimum Gasteiger partial charge on any atom is -0.295 e. The third kappa shape index (κ3) is 3.52. The molecule has 4 nitrogen and oxygen atoms in total. The molecule has 0 saturated carbocycles. The van der Waals surface area contributed by atoms with Crippen molar-refractivity contribution in [2.45, 2.75) is 20.8 Å². The normalized spacial score (nSPS) is 11.6. The zero-order chi connectivity index (χ0) is 13.0. The molecule has 1 aromatic carbocycles. The Morgan fingerprint density at radius 1 is 1.41 bits per heavy atom. The maximum absolute atomic E-state index is 11.4. The van der Waals surface area contributed by atoms with Crippen LogP contribution in [0.3, 0.4) is 0 Å². The average molecular weight is 233 g/mol. The second-order valence-electron chi connectivity index (χ2n) is 4.16. The van der Waals surface area contributed by atoms with Crippen molar-refractivity contribution in [3.05, 3.63) is 45.5 Å². The van der Waals surface area contributed by atoms with Gasteiger partial charge in [-0.3, -0.25) is 14.9 Å². The van der Waals surface area contributed by atoms with Crippen molar-refractivity contribution in [2.24, 2.45) is 5.92 Å². The lowest BCUT2D eigenvalue weighted by Gasteiger charge is -2.07. The highest BCUT2D eigenvalue weighted by atomic mass is 16.6. The van der Waals surface area contributed by atoms with Crippen LogP contribution in [0.5, 0.6) is 0 Å². The van der Waals surface area contributed by atoms with Crippen LogP contribution in [0.15, 0.2) is 29.8 Å². The number of allylic oxidation sites excluding steroid dienone is 1. The Morgan fingerprint density at radius 2 is 2.06 bits per heavy atom. The fraction of sp³-hybridized carbons (Fsp3) is 0.308. The highest BCUT2D eigenvalue weighted by Crippen LogP contribution is 2.19. The molecule has 1 rings (SSSR count). The number of nitro benzene ring substituents is 1. The van der Waals surface area contributed by atoms with E-state index in [1.807, 2.05) is 13.8 Å². The van der Waals surface area contributed by atoms with Gasteiger partial charge in [0.15, 0.2) is 5.78 Å². The first-order chi connectivity index (χ1) is 7.91. The fourth-order valence-electron chi connectivity index (χ4n) is 1.58. The molecule has 0 heterocycles. The van der Waals surface area contributed by atoms with Gasteiger partial charge >= 0.3 is 0 Å². The second kappa shape index (κ2) is 5.39. The van der Waals surface area contributed by atoms with E-state index in [9.17, 15) is 14.9 Å². The molecule has 0 bridgehead atoms. The van der Waals surface area contributed by atoms with E-state index in [1.165, 1.54) is 19.1 Å². The number of carbonyl (C=O) groups excluding carboxylic acids is 1. The predicted octanol–water partition coefficient (Wildman–Crippen LogP) is 3.22. The molecule has 0 atom stereocenters. The molecular weight excluding hydrogens is 218 g/mol. The van der Waals surface area contributed by atoms with Crippen LogP contribution in [-0.4, -0.2) is 10.7 Å². The number of Topliss-reactive ketones (excluding diaryl/α,β-unsaturated/α-hetero) is 1. The van der Waals surface area contributed by atoms with Crippen LogP contribution in [0.1, 0.15) is 26.3 Å². The van der Waals surface area contributed by atoms with Gasteiger partial charge in [-0.25, -0.2) is 0 Å². The van der Waals surface area contributed by atoms with Gasteiger partial charge in [0.2, 0.25) is 0 Å². The molecular formula is C13H15NO3. The molecule has 0 fully saturated rings. The van der Waals surface area contributed by atoms with E-state index < -0.39 is 4.92 Å². The maximum Gasteiger partial charge on any atom is 0.270 e. The van der Waals surface area contributed by atoms with Gasteiger partial charge in [-0.2, -0.15) is 0 Å². The SMILES string of the molecule is CC(=O)C(=Cc1cccc([N+](=O)[O-])c1)C(C)C. The Morgan fingerprint density at radius 3 is 2.53 bits per heavy atom. The van der Waals surface area contributed by atoms with Gasteiger partial charge in [0, 0.05) is 12.1 Å². The Kier molecular flexibility index (Phi) is 4.15. The molecule has 0 saturated heterocycles. The number of rotatable bonds is 4. The molecule has 1 aromatic rings. The quantitative estimate of drug-likeness (QED) is 0.455. The largest absolute Gasteiger partial charge is 0.295 e. The zero-order valence-corrected chi connectivity index (χ0v) is 10.1. The van der Waals surface area contributed by atoms with Gasteiger partial charge in [0.25, 0.3) is 5.69 Å². The van der Waals surface area contributed by atoms with Crippen molar-refractivity contribution in [1.82, 2.24) is 0 Å². The minimum atomic E-state index is -0.444. The molecule has 4 heteroatoms. The number of hydrogen-bond acceptors (Lipinski definition) is 3. The van der Waals surface area contributed by atoms with E-state index >= 15 is 0 Å². The summed E-state index contributed by atoms with van der Waals surface area (Å²) >= 11 is 0. The van der Waals surface area contributed by atoms with Crippen molar-refractivity contribution in [2.75, 3.05) is 0 Å². The predicted molar refractivity (Wildman–Crippen MR) is 66.6 cm³/mol. The molecule has 90 valence electrons. The Balaban J connectivity index is 3.16. The first-order valence-electron chi connectivity index (χ1n) is 5.38. The molecule has 0 aliphatic heterocycles. The van der Waals surface area contributed by atoms with Gasteiger partial charge in [0.05, 0.1) is 4.92 Å². The molecule has 0 spiro atoms. The van der Waals surface area contributed by atoms with Gasteiger partial charge < -0.3 is 0 Å². The van der Waals surface area contributed by atoms with E-state index in [-0.39, 0.29) is 17.4 Å². The topological polar surface area (TPSA) is 60.2 Å². The first kappa shape index (κ1) is 13.1. The highest BCUT2D eigenvalue weighted by molar-refractivity contribution is 5.98. The standard InChI is InChI=1S/C13H15NO3/c1-9(2)13(10(3)15)8-11-5-4-6-12(7-11)14(16)17/h4-9H,1-3H3. The van der Waals surface area contributed by atoms with Gasteiger partial charge in [0.1, 0.15) is 0 Å². The van der Waals surface area contributed by atoms with Crippen LogP contribution in [0, 0.1) is 16.0 Å².